The Bertz CT molecular complexity index is 403. The molecule has 0 bridgehead atoms. The topological polar surface area (TPSA) is 49.3 Å². The van der Waals surface area contributed by atoms with Gasteiger partial charge in [0.1, 0.15) is 0 Å². The summed E-state index contributed by atoms with van der Waals surface area (Å²) in [5.41, 5.74) is 2.01. The lowest BCUT2D eigenvalue weighted by Crippen LogP contribution is -2.18. The minimum atomic E-state index is -0.770. The maximum atomic E-state index is 10.7. The Morgan fingerprint density at radius 2 is 2.06 bits per heavy atom. The molecule has 2 atom stereocenters. The van der Waals surface area contributed by atoms with Crippen LogP contribution in [0.2, 0.25) is 0 Å². The lowest BCUT2D eigenvalue weighted by molar-refractivity contribution is -0.136. The summed E-state index contributed by atoms with van der Waals surface area (Å²) in [6, 6.07) is 7.75. The van der Waals surface area contributed by atoms with Crippen LogP contribution in [0.5, 0.6) is 0 Å². The number of nitrogens with one attached hydrogen (secondary N) is 1. The molecule has 2 unspecified atom stereocenters. The average Bonchev–Trinajstić information content (AvgIpc) is 2.96. The first-order valence-electron chi connectivity index (χ1n) is 6.16. The van der Waals surface area contributed by atoms with Gasteiger partial charge in [0, 0.05) is 6.54 Å². The SMILES string of the molecule is CC1CC1CNCc1ccccc1CC(=O)O. The predicted molar refractivity (Wildman–Crippen MR) is 66.8 cm³/mol. The van der Waals surface area contributed by atoms with Crippen molar-refractivity contribution < 1.29 is 9.90 Å². The maximum absolute atomic E-state index is 10.7. The van der Waals surface area contributed by atoms with Crippen LogP contribution in [0.3, 0.4) is 0 Å². The van der Waals surface area contributed by atoms with E-state index in [-0.39, 0.29) is 6.42 Å². The van der Waals surface area contributed by atoms with Crippen molar-refractivity contribution in [3.63, 3.8) is 0 Å². The number of hydrogen-bond donors (Lipinski definition) is 2. The van der Waals surface area contributed by atoms with Crippen molar-refractivity contribution in [2.24, 2.45) is 11.8 Å². The zero-order valence-corrected chi connectivity index (χ0v) is 10.1. The van der Waals surface area contributed by atoms with E-state index in [0.29, 0.717) is 0 Å². The van der Waals surface area contributed by atoms with Crippen molar-refractivity contribution >= 4 is 5.97 Å². The third-order valence-electron chi connectivity index (χ3n) is 3.46. The van der Waals surface area contributed by atoms with Crippen molar-refractivity contribution in [2.45, 2.75) is 26.3 Å². The van der Waals surface area contributed by atoms with Crippen LogP contribution in [0, 0.1) is 11.8 Å². The van der Waals surface area contributed by atoms with E-state index in [9.17, 15) is 4.79 Å². The first-order valence-corrected chi connectivity index (χ1v) is 6.16. The Morgan fingerprint density at radius 3 is 2.65 bits per heavy atom. The third-order valence-corrected chi connectivity index (χ3v) is 3.46. The smallest absolute Gasteiger partial charge is 0.307 e. The minimum absolute atomic E-state index is 0.109. The van der Waals surface area contributed by atoms with Crippen LogP contribution in [-0.4, -0.2) is 17.6 Å². The zero-order chi connectivity index (χ0) is 12.3. The molecule has 0 spiro atoms. The van der Waals surface area contributed by atoms with Crippen LogP contribution in [0.4, 0.5) is 0 Å². The maximum Gasteiger partial charge on any atom is 0.307 e. The molecule has 2 rings (SSSR count). The summed E-state index contributed by atoms with van der Waals surface area (Å²) in [6.45, 7) is 4.08. The first kappa shape index (κ1) is 12.1. The van der Waals surface area contributed by atoms with E-state index in [1.165, 1.54) is 6.42 Å². The van der Waals surface area contributed by atoms with E-state index in [4.69, 9.17) is 5.11 Å². The number of carbonyl (C=O) groups is 1. The van der Waals surface area contributed by atoms with Gasteiger partial charge < -0.3 is 10.4 Å². The molecule has 1 aromatic carbocycles. The molecule has 3 heteroatoms. The van der Waals surface area contributed by atoms with Gasteiger partial charge >= 0.3 is 5.97 Å². The molecule has 0 aromatic heterocycles. The number of aliphatic carboxylic acids is 1. The Morgan fingerprint density at radius 1 is 1.41 bits per heavy atom. The number of hydrogen-bond acceptors (Lipinski definition) is 2. The van der Waals surface area contributed by atoms with E-state index in [1.807, 2.05) is 24.3 Å². The lowest BCUT2D eigenvalue weighted by atomic mass is 10.0. The highest BCUT2D eigenvalue weighted by molar-refractivity contribution is 5.70. The van der Waals surface area contributed by atoms with E-state index in [1.54, 1.807) is 0 Å². The van der Waals surface area contributed by atoms with Crippen LogP contribution in [-0.2, 0) is 17.8 Å². The fourth-order valence-electron chi connectivity index (χ4n) is 2.14. The Kier molecular flexibility index (Phi) is 3.79. The molecular weight excluding hydrogens is 214 g/mol. The van der Waals surface area contributed by atoms with E-state index < -0.39 is 5.97 Å². The summed E-state index contributed by atoms with van der Waals surface area (Å²) in [5.74, 6) is 0.909. The number of carboxylic acid groups (broad SMARTS) is 1. The van der Waals surface area contributed by atoms with Gasteiger partial charge in [0.2, 0.25) is 0 Å². The van der Waals surface area contributed by atoms with Gasteiger partial charge in [0.05, 0.1) is 6.42 Å². The molecule has 92 valence electrons. The molecule has 17 heavy (non-hydrogen) atoms. The summed E-state index contributed by atoms with van der Waals surface area (Å²) < 4.78 is 0. The van der Waals surface area contributed by atoms with E-state index in [0.717, 1.165) is 36.1 Å². The fraction of sp³-hybridized carbons (Fsp3) is 0.500. The number of carboxylic acids is 1. The summed E-state index contributed by atoms with van der Waals surface area (Å²) in [6.07, 6.45) is 1.43. The molecule has 0 amide bonds. The van der Waals surface area contributed by atoms with Gasteiger partial charge in [-0.15, -0.1) is 0 Å². The zero-order valence-electron chi connectivity index (χ0n) is 10.1. The molecule has 1 aromatic rings. The van der Waals surface area contributed by atoms with Crippen molar-refractivity contribution in [3.05, 3.63) is 35.4 Å². The van der Waals surface area contributed by atoms with Crippen LogP contribution < -0.4 is 5.32 Å². The quantitative estimate of drug-likeness (QED) is 0.790. The molecule has 0 aliphatic heterocycles. The van der Waals surface area contributed by atoms with Gasteiger partial charge in [-0.1, -0.05) is 31.2 Å². The first-order chi connectivity index (χ1) is 8.16. The second-order valence-corrected chi connectivity index (χ2v) is 4.94. The van der Waals surface area contributed by atoms with Crippen molar-refractivity contribution in [1.82, 2.24) is 5.32 Å². The highest BCUT2D eigenvalue weighted by Gasteiger charge is 2.31. The summed E-state index contributed by atoms with van der Waals surface area (Å²) in [5, 5.41) is 12.2. The van der Waals surface area contributed by atoms with Crippen LogP contribution in [0.25, 0.3) is 0 Å². The molecule has 1 saturated carbocycles. The van der Waals surface area contributed by atoms with Gasteiger partial charge in [-0.3, -0.25) is 4.79 Å². The monoisotopic (exact) mass is 233 g/mol. The van der Waals surface area contributed by atoms with Gasteiger partial charge in [-0.2, -0.15) is 0 Å². The van der Waals surface area contributed by atoms with Gasteiger partial charge in [-0.05, 0) is 35.9 Å². The second kappa shape index (κ2) is 5.32. The molecule has 1 aliphatic rings. The van der Waals surface area contributed by atoms with E-state index in [2.05, 4.69) is 12.2 Å². The van der Waals surface area contributed by atoms with Gasteiger partial charge in [0.25, 0.3) is 0 Å². The molecule has 0 saturated heterocycles. The summed E-state index contributed by atoms with van der Waals surface area (Å²) >= 11 is 0. The fourth-order valence-corrected chi connectivity index (χ4v) is 2.14. The number of benzene rings is 1. The molecule has 1 aliphatic carbocycles. The highest BCUT2D eigenvalue weighted by Crippen LogP contribution is 2.36. The molecule has 0 heterocycles. The highest BCUT2D eigenvalue weighted by atomic mass is 16.4. The molecule has 3 nitrogen and oxygen atoms in total. The van der Waals surface area contributed by atoms with Gasteiger partial charge in [0.15, 0.2) is 0 Å². The Hall–Kier alpha value is -1.35. The normalized spacial score (nSPS) is 22.4. The van der Waals surface area contributed by atoms with Gasteiger partial charge in [-0.25, -0.2) is 0 Å². The second-order valence-electron chi connectivity index (χ2n) is 4.94. The molecular formula is C14H19NO2. The van der Waals surface area contributed by atoms with Crippen molar-refractivity contribution in [1.29, 1.82) is 0 Å². The Balaban J connectivity index is 1.87. The summed E-state index contributed by atoms with van der Waals surface area (Å²) in [7, 11) is 0. The Labute approximate surface area is 102 Å². The molecule has 1 fully saturated rings. The average molecular weight is 233 g/mol. The van der Waals surface area contributed by atoms with Crippen molar-refractivity contribution in [2.75, 3.05) is 6.54 Å². The molecule has 0 radical (unpaired) electrons. The summed E-state index contributed by atoms with van der Waals surface area (Å²) in [4.78, 5) is 10.7. The minimum Gasteiger partial charge on any atom is -0.481 e. The van der Waals surface area contributed by atoms with E-state index >= 15 is 0 Å². The standard InChI is InChI=1S/C14H19NO2/c1-10-6-13(10)9-15-8-12-5-3-2-4-11(12)7-14(16)17/h2-5,10,13,15H,6-9H2,1H3,(H,16,17). The molecule has 2 N–H and O–H groups in total. The predicted octanol–water partition coefficient (Wildman–Crippen LogP) is 2.06. The largest absolute Gasteiger partial charge is 0.481 e. The van der Waals surface area contributed by atoms with Crippen LogP contribution >= 0.6 is 0 Å². The number of rotatable bonds is 6. The van der Waals surface area contributed by atoms with Crippen LogP contribution in [0.1, 0.15) is 24.5 Å². The van der Waals surface area contributed by atoms with Crippen LogP contribution in [0.15, 0.2) is 24.3 Å². The third kappa shape index (κ3) is 3.56. The lowest BCUT2D eigenvalue weighted by Gasteiger charge is -2.08. The van der Waals surface area contributed by atoms with Crippen molar-refractivity contribution in [3.8, 4) is 0 Å².